The Bertz CT molecular complexity index is 1870. The minimum absolute atomic E-state index is 0.0133. The quantitative estimate of drug-likeness (QED) is 0.161. The number of ether oxygens (including phenoxy) is 3. The van der Waals surface area contributed by atoms with E-state index in [4.69, 9.17) is 27.5 Å². The number of nitrogens with one attached hydrogen (secondary N) is 1. The van der Waals surface area contributed by atoms with Crippen LogP contribution in [0.1, 0.15) is 85.2 Å². The van der Waals surface area contributed by atoms with Gasteiger partial charge in [-0.1, -0.05) is 86.6 Å². The van der Waals surface area contributed by atoms with E-state index >= 15 is 0 Å². The number of hydrogen-bond acceptors (Lipinski definition) is 8. The normalized spacial score (nSPS) is 20.1. The summed E-state index contributed by atoms with van der Waals surface area (Å²) in [6.45, 7) is 33.9. The Kier molecular flexibility index (Phi) is 13.6. The summed E-state index contributed by atoms with van der Waals surface area (Å²) in [6.07, 6.45) is -0.596. The first-order valence-corrected chi connectivity index (χ1v) is 28.2. The van der Waals surface area contributed by atoms with Gasteiger partial charge in [0.25, 0.3) is 5.56 Å². The molecule has 13 heteroatoms. The molecule has 1 aliphatic heterocycles. The van der Waals surface area contributed by atoms with Gasteiger partial charge in [0.05, 0.1) is 13.7 Å². The topological polar surface area (TPSA) is 110 Å². The molecule has 1 aliphatic rings. The van der Waals surface area contributed by atoms with Gasteiger partial charge in [-0.25, -0.2) is 4.79 Å². The van der Waals surface area contributed by atoms with E-state index in [1.807, 2.05) is 48.5 Å². The highest BCUT2D eigenvalue weighted by atomic mass is 28.4. The van der Waals surface area contributed by atoms with Crippen LogP contribution in [0.2, 0.25) is 54.4 Å². The number of rotatable bonds is 14. The molecule has 1 aromatic heterocycles. The van der Waals surface area contributed by atoms with E-state index in [2.05, 4.69) is 107 Å². The van der Waals surface area contributed by atoms with Crippen molar-refractivity contribution in [2.75, 3.05) is 13.7 Å². The Morgan fingerprint density at radius 2 is 1.29 bits per heavy atom. The first-order valence-electron chi connectivity index (χ1n) is 19.5. The maximum Gasteiger partial charge on any atom is 0.330 e. The summed E-state index contributed by atoms with van der Waals surface area (Å²) in [5.74, 6) is 1.46. The van der Waals surface area contributed by atoms with Gasteiger partial charge in [0.1, 0.15) is 36.4 Å². The molecule has 0 saturated carbocycles. The molecule has 1 fully saturated rings. The van der Waals surface area contributed by atoms with E-state index in [1.165, 1.54) is 4.57 Å². The molecule has 55 heavy (non-hydrogen) atoms. The second kappa shape index (κ2) is 16.6. The zero-order valence-corrected chi connectivity index (χ0v) is 39.3. The predicted octanol–water partition coefficient (Wildman–Crippen LogP) is 9.42. The number of aromatic nitrogens is 2. The molecule has 0 aliphatic carbocycles. The Morgan fingerprint density at radius 1 is 0.727 bits per heavy atom. The Labute approximate surface area is 332 Å². The Balaban J connectivity index is 1.74. The van der Waals surface area contributed by atoms with Crippen LogP contribution in [0.5, 0.6) is 11.5 Å². The van der Waals surface area contributed by atoms with Crippen molar-refractivity contribution >= 4 is 25.0 Å². The van der Waals surface area contributed by atoms with E-state index in [0.717, 1.165) is 16.9 Å². The third kappa shape index (κ3) is 10.8. The Morgan fingerprint density at radius 3 is 1.84 bits per heavy atom. The lowest BCUT2D eigenvalue weighted by Crippen LogP contribution is -2.55. The summed E-state index contributed by atoms with van der Waals surface area (Å²) < 4.78 is 41.1. The molecule has 0 bridgehead atoms. The molecule has 0 spiro atoms. The number of nitrogens with zero attached hydrogens (tertiary/aromatic N) is 1. The van der Waals surface area contributed by atoms with E-state index in [0.29, 0.717) is 24.5 Å². The fraction of sp³-hybridized carbons (Fsp3) is 0.619. The molecule has 10 nitrogen and oxygen atoms in total. The predicted molar refractivity (Wildman–Crippen MR) is 229 cm³/mol. The maximum atomic E-state index is 13.9. The average Bonchev–Trinajstić information content (AvgIpc) is 3.37. The van der Waals surface area contributed by atoms with Crippen LogP contribution in [-0.4, -0.2) is 66.5 Å². The molecular weight excluding hydrogens is 745 g/mol. The highest BCUT2D eigenvalue weighted by Crippen LogP contribution is 2.46. The second-order valence-electron chi connectivity index (χ2n) is 19.6. The smallest absolute Gasteiger partial charge is 0.330 e. The van der Waals surface area contributed by atoms with Gasteiger partial charge in [0, 0.05) is 18.2 Å². The van der Waals surface area contributed by atoms with Gasteiger partial charge < -0.3 is 27.5 Å². The van der Waals surface area contributed by atoms with Crippen LogP contribution >= 0.6 is 0 Å². The number of hydrogen-bond donors (Lipinski definition) is 1. The van der Waals surface area contributed by atoms with E-state index < -0.39 is 60.7 Å². The first-order chi connectivity index (χ1) is 25.2. The fourth-order valence-corrected chi connectivity index (χ4v) is 9.19. The zero-order chi connectivity index (χ0) is 41.4. The lowest BCUT2D eigenvalue weighted by molar-refractivity contribution is -0.0511. The third-order valence-electron chi connectivity index (χ3n) is 12.3. The molecule has 0 amide bonds. The number of benzene rings is 2. The van der Waals surface area contributed by atoms with Gasteiger partial charge in [-0.2, -0.15) is 0 Å². The van der Waals surface area contributed by atoms with Crippen molar-refractivity contribution in [2.24, 2.45) is 0 Å². The van der Waals surface area contributed by atoms with Crippen molar-refractivity contribution in [3.63, 3.8) is 0 Å². The van der Waals surface area contributed by atoms with Crippen LogP contribution in [0.15, 0.2) is 64.3 Å². The molecule has 0 unspecified atom stereocenters. The standard InChI is InChI=1S/C42H68N2O8Si3/c1-40(2,3)53(11,12)49-28-34-35(51-54(13,14)41(4,5)6)36(52-55(15,16)42(7,8)9)38(50-34)44-26-31(37(45)43-39(44)46)24-30-18-17-19-33(25-30)48-27-29-20-22-32(47-10)23-21-29/h17-23,25-26,34-36,38H,24,27-28H2,1-16H3,(H,43,45,46)/t34-,35-,36-,38-/m1/s1. The van der Waals surface area contributed by atoms with Crippen LogP contribution < -0.4 is 20.7 Å². The van der Waals surface area contributed by atoms with Gasteiger partial charge >= 0.3 is 5.69 Å². The SMILES string of the molecule is COc1ccc(COc2cccc(Cc3cn([C@@H]4O[C@H](CO[Si](C)(C)C(C)(C)C)[C@@H](O[Si](C)(C)C(C)(C)C)[C@H]4O[Si](C)(C)C(C)(C)C)c(=O)[nH]c3=O)c2)cc1. The summed E-state index contributed by atoms with van der Waals surface area (Å²) in [6, 6.07) is 15.4. The fourth-order valence-electron chi connectivity index (χ4n) is 5.57. The monoisotopic (exact) mass is 812 g/mol. The highest BCUT2D eigenvalue weighted by molar-refractivity contribution is 6.75. The van der Waals surface area contributed by atoms with Gasteiger partial charge in [-0.05, 0) is 89.8 Å². The minimum Gasteiger partial charge on any atom is -0.497 e. The maximum absolute atomic E-state index is 13.9. The van der Waals surface area contributed by atoms with Crippen molar-refractivity contribution in [3.8, 4) is 11.5 Å². The van der Waals surface area contributed by atoms with Crippen LogP contribution in [0.3, 0.4) is 0 Å². The average molecular weight is 813 g/mol. The first kappa shape index (κ1) is 44.9. The highest BCUT2D eigenvalue weighted by Gasteiger charge is 2.55. The summed E-state index contributed by atoms with van der Waals surface area (Å²) in [4.78, 5) is 29.9. The van der Waals surface area contributed by atoms with Crippen LogP contribution in [0, 0.1) is 0 Å². The van der Waals surface area contributed by atoms with Crippen molar-refractivity contribution in [3.05, 3.63) is 92.3 Å². The number of methoxy groups -OCH3 is 1. The van der Waals surface area contributed by atoms with Crippen LogP contribution in [0.4, 0.5) is 0 Å². The molecule has 4 rings (SSSR count). The van der Waals surface area contributed by atoms with Crippen molar-refractivity contribution in [2.45, 2.75) is 154 Å². The summed E-state index contributed by atoms with van der Waals surface area (Å²) in [5, 5.41) is -0.233. The molecule has 1 N–H and O–H groups in total. The summed E-state index contributed by atoms with van der Waals surface area (Å²) in [7, 11) is -5.40. The molecular formula is C42H68N2O8Si3. The third-order valence-corrected chi connectivity index (χ3v) is 25.8. The second-order valence-corrected chi connectivity index (χ2v) is 33.9. The lowest BCUT2D eigenvalue weighted by Gasteiger charge is -2.44. The van der Waals surface area contributed by atoms with Crippen molar-refractivity contribution < 1.29 is 27.5 Å². The molecule has 1 saturated heterocycles. The summed E-state index contributed by atoms with van der Waals surface area (Å²) >= 11 is 0. The van der Waals surface area contributed by atoms with Gasteiger partial charge in [-0.15, -0.1) is 0 Å². The van der Waals surface area contributed by atoms with Gasteiger partial charge in [-0.3, -0.25) is 14.3 Å². The van der Waals surface area contributed by atoms with E-state index in [9.17, 15) is 9.59 Å². The largest absolute Gasteiger partial charge is 0.497 e. The number of H-pyrrole nitrogens is 1. The zero-order valence-electron chi connectivity index (χ0n) is 36.3. The van der Waals surface area contributed by atoms with Gasteiger partial charge in [0.2, 0.25) is 0 Å². The Hall–Kier alpha value is -2.79. The van der Waals surface area contributed by atoms with Crippen LogP contribution in [-0.2, 0) is 31.0 Å². The lowest BCUT2D eigenvalue weighted by atomic mass is 10.1. The van der Waals surface area contributed by atoms with Crippen LogP contribution in [0.25, 0.3) is 0 Å². The molecule has 2 aromatic carbocycles. The minimum atomic E-state index is -2.46. The molecule has 306 valence electrons. The number of aromatic amines is 1. The molecule has 2 heterocycles. The summed E-state index contributed by atoms with van der Waals surface area (Å²) in [5.41, 5.74) is 1.28. The van der Waals surface area contributed by atoms with E-state index in [-0.39, 0.29) is 21.5 Å². The van der Waals surface area contributed by atoms with Crippen molar-refractivity contribution in [1.82, 2.24) is 9.55 Å². The van der Waals surface area contributed by atoms with Gasteiger partial charge in [0.15, 0.2) is 31.2 Å². The molecule has 0 radical (unpaired) electrons. The molecule has 3 aromatic rings. The molecule has 4 atom stereocenters. The van der Waals surface area contributed by atoms with E-state index in [1.54, 1.807) is 13.3 Å². The van der Waals surface area contributed by atoms with Crippen molar-refractivity contribution in [1.29, 1.82) is 0 Å².